The number of nitrogen functional groups attached to an aromatic ring is 1. The molecule has 2 aromatic rings. The van der Waals surface area contributed by atoms with Gasteiger partial charge in [0.05, 0.1) is 15.3 Å². The summed E-state index contributed by atoms with van der Waals surface area (Å²) in [5.41, 5.74) is 5.49. The van der Waals surface area contributed by atoms with Gasteiger partial charge in [-0.25, -0.2) is 14.4 Å². The zero-order valence-corrected chi connectivity index (χ0v) is 24.1. The minimum Gasteiger partial charge on any atom is -0.444 e. The van der Waals surface area contributed by atoms with Crippen molar-refractivity contribution in [1.82, 2.24) is 19.8 Å². The van der Waals surface area contributed by atoms with Gasteiger partial charge in [0.25, 0.3) is 0 Å². The molecule has 0 aliphatic rings. The summed E-state index contributed by atoms with van der Waals surface area (Å²) in [5.74, 6) is 0.191. The molecule has 3 N–H and O–H groups in total. The number of nitrogens with one attached hydrogen (secondary N) is 1. The van der Waals surface area contributed by atoms with Crippen molar-refractivity contribution in [2.24, 2.45) is 0 Å². The Morgan fingerprint density at radius 3 is 2.25 bits per heavy atom. The Kier molecular flexibility index (Phi) is 9.75. The highest BCUT2D eigenvalue weighted by Gasteiger charge is 2.27. The number of halogens is 1. The van der Waals surface area contributed by atoms with Crippen molar-refractivity contribution in [1.29, 1.82) is 0 Å². The fourth-order valence-corrected chi connectivity index (χ4v) is 3.64. The first kappa shape index (κ1) is 29.4. The summed E-state index contributed by atoms with van der Waals surface area (Å²) in [4.78, 5) is 42.7. The third-order valence-electron chi connectivity index (χ3n) is 4.90. The van der Waals surface area contributed by atoms with E-state index in [0.717, 1.165) is 5.56 Å². The number of carbonyl (C=O) groups excluding carboxylic acids is 2. The number of rotatable bonds is 7. The van der Waals surface area contributed by atoms with E-state index in [2.05, 4.69) is 10.3 Å². The summed E-state index contributed by atoms with van der Waals surface area (Å²) in [6.45, 7) is 13.4. The molecule has 1 atom stereocenters. The quantitative estimate of drug-likeness (QED) is 0.344. The molecule has 1 aromatic carbocycles. The van der Waals surface area contributed by atoms with E-state index < -0.39 is 29.1 Å². The number of nitrogens with zero attached hydrogens (tertiary/aromatic N) is 3. The highest BCUT2D eigenvalue weighted by Crippen LogP contribution is 2.24. The number of ether oxygens (including phenoxy) is 2. The van der Waals surface area contributed by atoms with E-state index in [1.807, 2.05) is 62.4 Å². The molecule has 0 fully saturated rings. The van der Waals surface area contributed by atoms with Crippen molar-refractivity contribution in [2.75, 3.05) is 18.8 Å². The molecule has 2 rings (SSSR count). The largest absolute Gasteiger partial charge is 0.444 e. The van der Waals surface area contributed by atoms with Crippen LogP contribution in [0.25, 0.3) is 5.69 Å². The lowest BCUT2D eigenvalue weighted by Crippen LogP contribution is -2.40. The summed E-state index contributed by atoms with van der Waals surface area (Å²) in [6, 6.07) is 6.96. The van der Waals surface area contributed by atoms with Gasteiger partial charge < -0.3 is 25.4 Å². The van der Waals surface area contributed by atoms with Gasteiger partial charge in [-0.15, -0.1) is 0 Å². The molecule has 198 valence electrons. The number of amides is 2. The maximum atomic E-state index is 13.0. The Labute approximate surface area is 225 Å². The van der Waals surface area contributed by atoms with Crippen molar-refractivity contribution in [3.8, 4) is 5.69 Å². The maximum Gasteiger partial charge on any atom is 0.410 e. The average Bonchev–Trinajstić information content (AvgIpc) is 2.73. The fourth-order valence-electron chi connectivity index (χ4n) is 3.24. The van der Waals surface area contributed by atoms with E-state index in [0.29, 0.717) is 28.8 Å². The van der Waals surface area contributed by atoms with Crippen molar-refractivity contribution in [3.05, 3.63) is 50.1 Å². The summed E-state index contributed by atoms with van der Waals surface area (Å²) >= 11 is 2.02. The average molecular weight is 613 g/mol. The number of alkyl carbamates (subject to hydrolysis) is 1. The lowest BCUT2D eigenvalue weighted by Gasteiger charge is -2.32. The minimum atomic E-state index is -0.659. The van der Waals surface area contributed by atoms with E-state index in [1.165, 1.54) is 4.57 Å². The van der Waals surface area contributed by atoms with Crippen LogP contribution in [-0.2, 0) is 9.47 Å². The SMILES string of the molecule is C[C@@H](c1ccc(-n2cc(I)c(N)nc2=O)cc1)N(CCCNC(=O)OC(C)(C)C)C(=O)OC(C)(C)C. The molecule has 0 saturated heterocycles. The lowest BCUT2D eigenvalue weighted by molar-refractivity contribution is 0.0171. The second-order valence-electron chi connectivity index (χ2n) is 10.4. The Bertz CT molecular complexity index is 1120. The van der Waals surface area contributed by atoms with E-state index in [9.17, 15) is 14.4 Å². The Balaban J connectivity index is 2.17. The van der Waals surface area contributed by atoms with Gasteiger partial charge in [-0.1, -0.05) is 12.1 Å². The topological polar surface area (TPSA) is 129 Å². The van der Waals surface area contributed by atoms with E-state index >= 15 is 0 Å². The Hall–Kier alpha value is -2.83. The van der Waals surface area contributed by atoms with Crippen LogP contribution in [0.3, 0.4) is 0 Å². The second-order valence-corrected chi connectivity index (χ2v) is 11.5. The molecule has 36 heavy (non-hydrogen) atoms. The van der Waals surface area contributed by atoms with Crippen molar-refractivity contribution >= 4 is 40.6 Å². The van der Waals surface area contributed by atoms with Gasteiger partial charge >= 0.3 is 17.9 Å². The van der Waals surface area contributed by atoms with Crippen LogP contribution in [0.1, 0.15) is 66.5 Å². The van der Waals surface area contributed by atoms with Gasteiger partial charge in [-0.3, -0.25) is 4.57 Å². The van der Waals surface area contributed by atoms with Crippen LogP contribution in [0.15, 0.2) is 35.3 Å². The molecule has 0 saturated carbocycles. The number of hydrogen-bond donors (Lipinski definition) is 2. The lowest BCUT2D eigenvalue weighted by atomic mass is 10.1. The standard InChI is InChI=1S/C25H36IN5O5/c1-16(17-9-11-18(12-10-17)31-15-19(26)20(27)29-21(31)32)30(23(34)36-25(5,6)7)14-8-13-28-22(33)35-24(2,3)4/h9-12,15-16H,8,13-14H2,1-7H3,(H,28,33)(H2,27,29,32)/t16-/m0/s1. The first-order valence-electron chi connectivity index (χ1n) is 11.7. The number of hydrogen-bond acceptors (Lipinski definition) is 7. The third-order valence-corrected chi connectivity index (χ3v) is 5.73. The van der Waals surface area contributed by atoms with Crippen molar-refractivity contribution in [2.45, 2.75) is 72.1 Å². The Morgan fingerprint density at radius 2 is 1.69 bits per heavy atom. The van der Waals surface area contributed by atoms with Crippen LogP contribution in [-0.4, -0.2) is 50.9 Å². The van der Waals surface area contributed by atoms with E-state index in [-0.39, 0.29) is 11.9 Å². The molecule has 2 amide bonds. The first-order valence-corrected chi connectivity index (χ1v) is 12.8. The highest BCUT2D eigenvalue weighted by atomic mass is 127. The molecular formula is C25H36IN5O5. The van der Waals surface area contributed by atoms with Gasteiger partial charge in [-0.05, 0) is 95.2 Å². The predicted octanol–water partition coefficient (Wildman–Crippen LogP) is 4.63. The fraction of sp³-hybridized carbons (Fsp3) is 0.520. The minimum absolute atomic E-state index is 0.191. The molecule has 1 heterocycles. The van der Waals surface area contributed by atoms with Gasteiger partial charge in [0, 0.05) is 19.3 Å². The van der Waals surface area contributed by atoms with E-state index in [1.54, 1.807) is 44.0 Å². The molecule has 1 aromatic heterocycles. The molecule has 0 radical (unpaired) electrons. The number of aromatic nitrogens is 2. The van der Waals surface area contributed by atoms with E-state index in [4.69, 9.17) is 15.2 Å². The summed E-state index contributed by atoms with van der Waals surface area (Å²) < 4.78 is 13.0. The molecule has 0 aliphatic carbocycles. The molecule has 0 spiro atoms. The molecule has 0 unspecified atom stereocenters. The van der Waals surface area contributed by atoms with Crippen molar-refractivity contribution in [3.63, 3.8) is 0 Å². The second kappa shape index (κ2) is 11.9. The third kappa shape index (κ3) is 8.99. The van der Waals surface area contributed by atoms with Crippen LogP contribution >= 0.6 is 22.6 Å². The number of benzene rings is 1. The highest BCUT2D eigenvalue weighted by molar-refractivity contribution is 14.1. The predicted molar refractivity (Wildman–Crippen MR) is 147 cm³/mol. The zero-order chi connectivity index (χ0) is 27.3. The van der Waals surface area contributed by atoms with Gasteiger partial charge in [0.15, 0.2) is 0 Å². The van der Waals surface area contributed by atoms with Crippen LogP contribution in [0.5, 0.6) is 0 Å². The number of carbonyl (C=O) groups is 2. The summed E-state index contributed by atoms with van der Waals surface area (Å²) in [5, 5.41) is 2.71. The number of anilines is 1. The Morgan fingerprint density at radius 1 is 1.11 bits per heavy atom. The van der Waals surface area contributed by atoms with Crippen LogP contribution in [0.4, 0.5) is 15.4 Å². The molecule has 0 bridgehead atoms. The van der Waals surface area contributed by atoms with Gasteiger partial charge in [-0.2, -0.15) is 4.98 Å². The molecular weight excluding hydrogens is 577 g/mol. The summed E-state index contributed by atoms with van der Waals surface area (Å²) in [7, 11) is 0. The van der Waals surface area contributed by atoms with Crippen molar-refractivity contribution < 1.29 is 19.1 Å². The van der Waals surface area contributed by atoms with Crippen LogP contribution in [0.2, 0.25) is 0 Å². The first-order chi connectivity index (χ1) is 16.6. The van der Waals surface area contributed by atoms with Crippen LogP contribution < -0.4 is 16.7 Å². The van der Waals surface area contributed by atoms with Gasteiger partial charge in [0.1, 0.15) is 17.0 Å². The molecule has 10 nitrogen and oxygen atoms in total. The summed E-state index contributed by atoms with van der Waals surface area (Å²) in [6.07, 6.45) is 1.18. The van der Waals surface area contributed by atoms with Crippen LogP contribution in [0, 0.1) is 3.57 Å². The van der Waals surface area contributed by atoms with Gasteiger partial charge in [0.2, 0.25) is 0 Å². The molecule has 11 heteroatoms. The monoisotopic (exact) mass is 613 g/mol. The molecule has 0 aliphatic heterocycles. The number of nitrogens with two attached hydrogens (primary N) is 1. The smallest absolute Gasteiger partial charge is 0.410 e. The maximum absolute atomic E-state index is 13.0. The normalized spacial score (nSPS) is 12.6. The zero-order valence-electron chi connectivity index (χ0n) is 21.9.